The maximum Gasteiger partial charge on any atom is 0.220 e. The zero-order valence-corrected chi connectivity index (χ0v) is 13.9. The van der Waals surface area contributed by atoms with E-state index in [-0.39, 0.29) is 17.6 Å². The first-order chi connectivity index (χ1) is 11.7. The van der Waals surface area contributed by atoms with E-state index in [1.54, 1.807) is 12.1 Å². The molecule has 4 heteroatoms. The molecule has 0 aliphatic rings. The van der Waals surface area contributed by atoms with Crippen LogP contribution < -0.4 is 11.1 Å². The number of benzene rings is 2. The molecule has 0 aliphatic carbocycles. The van der Waals surface area contributed by atoms with Crippen molar-refractivity contribution in [3.63, 3.8) is 0 Å². The van der Waals surface area contributed by atoms with Gasteiger partial charge in [0.15, 0.2) is 0 Å². The highest BCUT2D eigenvalue weighted by Gasteiger charge is 2.18. The smallest absolute Gasteiger partial charge is 0.220 e. The van der Waals surface area contributed by atoms with Crippen LogP contribution in [0, 0.1) is 5.82 Å². The lowest BCUT2D eigenvalue weighted by atomic mass is 9.88. The van der Waals surface area contributed by atoms with E-state index in [0.717, 1.165) is 30.4 Å². The Hall–Kier alpha value is -2.20. The zero-order valence-electron chi connectivity index (χ0n) is 13.9. The van der Waals surface area contributed by atoms with Crippen LogP contribution in [0.5, 0.6) is 0 Å². The number of rotatable bonds is 9. The molecule has 128 valence electrons. The van der Waals surface area contributed by atoms with E-state index in [1.807, 2.05) is 30.3 Å². The molecule has 0 saturated heterocycles. The Bertz CT molecular complexity index is 613. The standard InChI is InChI=1S/C20H25FN2O/c21-18-11-9-17(10-12-18)19(16-7-3-1-4-8-16)15-20(24)23-14-6-2-5-13-22/h1,3-4,7-12,19H,2,5-6,13-15,22H2,(H,23,24)/t19-/m1/s1. The molecule has 0 unspecified atom stereocenters. The Morgan fingerprint density at radius 1 is 0.958 bits per heavy atom. The summed E-state index contributed by atoms with van der Waals surface area (Å²) < 4.78 is 13.2. The highest BCUT2D eigenvalue weighted by Crippen LogP contribution is 2.28. The molecule has 0 fully saturated rings. The Kier molecular flexibility index (Phi) is 7.43. The highest BCUT2D eigenvalue weighted by atomic mass is 19.1. The van der Waals surface area contributed by atoms with Gasteiger partial charge in [0.25, 0.3) is 0 Å². The van der Waals surface area contributed by atoms with Crippen LogP contribution in [0.2, 0.25) is 0 Å². The van der Waals surface area contributed by atoms with Crippen molar-refractivity contribution in [3.8, 4) is 0 Å². The Balaban J connectivity index is 2.01. The molecule has 2 rings (SSSR count). The fourth-order valence-corrected chi connectivity index (χ4v) is 2.74. The van der Waals surface area contributed by atoms with Crippen molar-refractivity contribution in [1.82, 2.24) is 5.32 Å². The second-order valence-electron chi connectivity index (χ2n) is 5.92. The van der Waals surface area contributed by atoms with Gasteiger partial charge in [-0.3, -0.25) is 4.79 Å². The second-order valence-corrected chi connectivity index (χ2v) is 5.92. The number of carbonyl (C=O) groups is 1. The number of nitrogens with one attached hydrogen (secondary N) is 1. The van der Waals surface area contributed by atoms with Crippen LogP contribution in [0.3, 0.4) is 0 Å². The average molecular weight is 328 g/mol. The van der Waals surface area contributed by atoms with E-state index in [0.29, 0.717) is 19.5 Å². The van der Waals surface area contributed by atoms with Gasteiger partial charge < -0.3 is 11.1 Å². The van der Waals surface area contributed by atoms with Crippen molar-refractivity contribution in [2.24, 2.45) is 5.73 Å². The molecule has 1 atom stereocenters. The van der Waals surface area contributed by atoms with Gasteiger partial charge in [-0.1, -0.05) is 48.9 Å². The summed E-state index contributed by atoms with van der Waals surface area (Å²) in [6, 6.07) is 16.2. The summed E-state index contributed by atoms with van der Waals surface area (Å²) in [6.07, 6.45) is 3.30. The summed E-state index contributed by atoms with van der Waals surface area (Å²) >= 11 is 0. The largest absolute Gasteiger partial charge is 0.356 e. The number of halogens is 1. The minimum absolute atomic E-state index is 0.0147. The number of carbonyl (C=O) groups excluding carboxylic acids is 1. The number of unbranched alkanes of at least 4 members (excludes halogenated alkanes) is 2. The average Bonchev–Trinajstić information content (AvgIpc) is 2.61. The van der Waals surface area contributed by atoms with Gasteiger partial charge in [-0.05, 0) is 42.6 Å². The Morgan fingerprint density at radius 2 is 1.62 bits per heavy atom. The quantitative estimate of drug-likeness (QED) is 0.691. The summed E-state index contributed by atoms with van der Waals surface area (Å²) in [4.78, 5) is 12.3. The van der Waals surface area contributed by atoms with Gasteiger partial charge in [-0.2, -0.15) is 0 Å². The third-order valence-electron chi connectivity index (χ3n) is 4.07. The van der Waals surface area contributed by atoms with Crippen LogP contribution in [0.25, 0.3) is 0 Å². The van der Waals surface area contributed by atoms with Crippen molar-refractivity contribution in [3.05, 3.63) is 71.5 Å². The van der Waals surface area contributed by atoms with Gasteiger partial charge in [-0.25, -0.2) is 4.39 Å². The molecule has 2 aromatic carbocycles. The first kappa shape index (κ1) is 18.1. The molecular weight excluding hydrogens is 303 g/mol. The summed E-state index contributed by atoms with van der Waals surface area (Å²) in [6.45, 7) is 1.36. The normalized spacial score (nSPS) is 11.9. The van der Waals surface area contributed by atoms with Crippen molar-refractivity contribution in [2.75, 3.05) is 13.1 Å². The molecule has 0 bridgehead atoms. The molecular formula is C20H25FN2O. The third kappa shape index (κ3) is 5.78. The summed E-state index contributed by atoms with van der Waals surface area (Å²) in [5.74, 6) is -0.327. The third-order valence-corrected chi connectivity index (χ3v) is 4.07. The van der Waals surface area contributed by atoms with Crippen LogP contribution in [0.4, 0.5) is 4.39 Å². The second kappa shape index (κ2) is 9.83. The summed E-state index contributed by atoms with van der Waals surface area (Å²) in [5, 5.41) is 2.97. The number of nitrogens with two attached hydrogens (primary N) is 1. The molecule has 3 nitrogen and oxygen atoms in total. The molecule has 2 aromatic rings. The van der Waals surface area contributed by atoms with E-state index in [1.165, 1.54) is 12.1 Å². The van der Waals surface area contributed by atoms with E-state index < -0.39 is 0 Å². The minimum Gasteiger partial charge on any atom is -0.356 e. The fraction of sp³-hybridized carbons (Fsp3) is 0.350. The molecule has 3 N–H and O–H groups in total. The molecule has 0 radical (unpaired) electrons. The zero-order chi connectivity index (χ0) is 17.2. The van der Waals surface area contributed by atoms with Gasteiger partial charge in [0.05, 0.1) is 0 Å². The summed E-state index contributed by atoms with van der Waals surface area (Å²) in [7, 11) is 0. The number of amides is 1. The molecule has 0 aromatic heterocycles. The van der Waals surface area contributed by atoms with Gasteiger partial charge in [-0.15, -0.1) is 0 Å². The Morgan fingerprint density at radius 3 is 2.29 bits per heavy atom. The molecule has 0 aliphatic heterocycles. The van der Waals surface area contributed by atoms with Crippen LogP contribution in [0.1, 0.15) is 42.7 Å². The fourth-order valence-electron chi connectivity index (χ4n) is 2.74. The number of hydrogen-bond acceptors (Lipinski definition) is 2. The van der Waals surface area contributed by atoms with E-state index in [2.05, 4.69) is 5.32 Å². The maximum absolute atomic E-state index is 13.2. The van der Waals surface area contributed by atoms with E-state index in [9.17, 15) is 9.18 Å². The van der Waals surface area contributed by atoms with Crippen LogP contribution >= 0.6 is 0 Å². The molecule has 0 saturated carbocycles. The van der Waals surface area contributed by atoms with Crippen molar-refractivity contribution < 1.29 is 9.18 Å². The van der Waals surface area contributed by atoms with Gasteiger partial charge in [0.2, 0.25) is 5.91 Å². The lowest BCUT2D eigenvalue weighted by molar-refractivity contribution is -0.121. The van der Waals surface area contributed by atoms with Gasteiger partial charge in [0, 0.05) is 18.9 Å². The lowest BCUT2D eigenvalue weighted by Crippen LogP contribution is -2.26. The topological polar surface area (TPSA) is 55.1 Å². The molecule has 0 heterocycles. The summed E-state index contributed by atoms with van der Waals surface area (Å²) in [5.41, 5.74) is 7.46. The van der Waals surface area contributed by atoms with Crippen molar-refractivity contribution in [1.29, 1.82) is 0 Å². The predicted octanol–water partition coefficient (Wildman–Crippen LogP) is 3.59. The Labute approximate surface area is 143 Å². The number of hydrogen-bond donors (Lipinski definition) is 2. The van der Waals surface area contributed by atoms with Gasteiger partial charge >= 0.3 is 0 Å². The van der Waals surface area contributed by atoms with Crippen LogP contribution in [0.15, 0.2) is 54.6 Å². The van der Waals surface area contributed by atoms with Crippen molar-refractivity contribution in [2.45, 2.75) is 31.6 Å². The molecule has 0 spiro atoms. The first-order valence-corrected chi connectivity index (χ1v) is 8.48. The van der Waals surface area contributed by atoms with Crippen LogP contribution in [-0.2, 0) is 4.79 Å². The van der Waals surface area contributed by atoms with Gasteiger partial charge in [0.1, 0.15) is 5.82 Å². The SMILES string of the molecule is NCCCCCNC(=O)C[C@H](c1ccccc1)c1ccc(F)cc1. The first-order valence-electron chi connectivity index (χ1n) is 8.48. The monoisotopic (exact) mass is 328 g/mol. The molecule has 24 heavy (non-hydrogen) atoms. The minimum atomic E-state index is -0.269. The lowest BCUT2D eigenvalue weighted by Gasteiger charge is -2.18. The molecule has 1 amide bonds. The van der Waals surface area contributed by atoms with E-state index >= 15 is 0 Å². The predicted molar refractivity (Wildman–Crippen MR) is 95.2 cm³/mol. The highest BCUT2D eigenvalue weighted by molar-refractivity contribution is 5.77. The maximum atomic E-state index is 13.2. The van der Waals surface area contributed by atoms with Crippen LogP contribution in [-0.4, -0.2) is 19.0 Å². The van der Waals surface area contributed by atoms with Crippen molar-refractivity contribution >= 4 is 5.91 Å². The van der Waals surface area contributed by atoms with E-state index in [4.69, 9.17) is 5.73 Å².